The molecule has 2 rings (SSSR count). The van der Waals surface area contributed by atoms with Gasteiger partial charge in [0.05, 0.1) is 11.3 Å². The summed E-state index contributed by atoms with van der Waals surface area (Å²) in [5.41, 5.74) is 6.98. The lowest BCUT2D eigenvalue weighted by molar-refractivity contribution is 0.318. The van der Waals surface area contributed by atoms with E-state index in [0.29, 0.717) is 11.3 Å². The minimum atomic E-state index is -1.06. The number of hydrogen-bond acceptors (Lipinski definition) is 5. The van der Waals surface area contributed by atoms with Gasteiger partial charge in [0, 0.05) is 6.07 Å². The van der Waals surface area contributed by atoms with Gasteiger partial charge in [-0.3, -0.25) is 0 Å². The van der Waals surface area contributed by atoms with Crippen LogP contribution in [0.2, 0.25) is 0 Å². The quantitative estimate of drug-likeness (QED) is 0.392. The highest BCUT2D eigenvalue weighted by Crippen LogP contribution is 2.26. The van der Waals surface area contributed by atoms with E-state index < -0.39 is 11.6 Å². The number of hydrogen-bond donors (Lipinski definition) is 2. The molecule has 0 amide bonds. The third-order valence-corrected chi connectivity index (χ3v) is 2.89. The molecule has 0 spiro atoms. The summed E-state index contributed by atoms with van der Waals surface area (Å²) in [5, 5.41) is 19.4. The highest BCUT2D eigenvalue weighted by Gasteiger charge is 2.17. The SMILES string of the molecule is Cc1nnc(Oc2ccc(F)c(F)c2)c(/C(N)=N/O)c1C. The van der Waals surface area contributed by atoms with Crippen LogP contribution in [0.25, 0.3) is 0 Å². The van der Waals surface area contributed by atoms with E-state index in [2.05, 4.69) is 15.4 Å². The normalized spacial score (nSPS) is 11.5. The maximum Gasteiger partial charge on any atom is 0.250 e. The van der Waals surface area contributed by atoms with E-state index in [1.807, 2.05) is 0 Å². The van der Waals surface area contributed by atoms with Crippen molar-refractivity contribution >= 4 is 5.84 Å². The summed E-state index contributed by atoms with van der Waals surface area (Å²) >= 11 is 0. The monoisotopic (exact) mass is 294 g/mol. The third-order valence-electron chi connectivity index (χ3n) is 2.89. The van der Waals surface area contributed by atoms with Gasteiger partial charge in [-0.2, -0.15) is 5.10 Å². The molecule has 110 valence electrons. The minimum absolute atomic E-state index is 0.0124. The Hall–Kier alpha value is -2.77. The average molecular weight is 294 g/mol. The van der Waals surface area contributed by atoms with Crippen molar-refractivity contribution in [3.05, 3.63) is 46.7 Å². The Morgan fingerprint density at radius 2 is 1.95 bits per heavy atom. The maximum atomic E-state index is 13.2. The van der Waals surface area contributed by atoms with Crippen LogP contribution in [0.15, 0.2) is 23.4 Å². The van der Waals surface area contributed by atoms with Crippen molar-refractivity contribution in [1.82, 2.24) is 10.2 Å². The highest BCUT2D eigenvalue weighted by molar-refractivity contribution is 6.00. The molecule has 21 heavy (non-hydrogen) atoms. The van der Waals surface area contributed by atoms with Gasteiger partial charge in [0.1, 0.15) is 5.75 Å². The number of aryl methyl sites for hydroxylation is 1. The van der Waals surface area contributed by atoms with Gasteiger partial charge in [-0.1, -0.05) is 5.16 Å². The van der Waals surface area contributed by atoms with Gasteiger partial charge in [0.25, 0.3) is 0 Å². The predicted octanol–water partition coefficient (Wildman–Crippen LogP) is 2.26. The van der Waals surface area contributed by atoms with Crippen LogP contribution in [-0.4, -0.2) is 21.2 Å². The summed E-state index contributed by atoms with van der Waals surface area (Å²) in [6.45, 7) is 3.38. The number of rotatable bonds is 3. The number of halogens is 2. The molecule has 0 aliphatic rings. The lowest BCUT2D eigenvalue weighted by atomic mass is 10.1. The van der Waals surface area contributed by atoms with Crippen LogP contribution in [0.1, 0.15) is 16.8 Å². The Labute approximate surface area is 118 Å². The van der Waals surface area contributed by atoms with Crippen molar-refractivity contribution in [2.45, 2.75) is 13.8 Å². The minimum Gasteiger partial charge on any atom is -0.437 e. The summed E-state index contributed by atoms with van der Waals surface area (Å²) in [7, 11) is 0. The fraction of sp³-hybridized carbons (Fsp3) is 0.154. The van der Waals surface area contributed by atoms with E-state index in [4.69, 9.17) is 15.7 Å². The number of aromatic nitrogens is 2. The molecule has 0 radical (unpaired) electrons. The van der Waals surface area contributed by atoms with Crippen LogP contribution in [0.5, 0.6) is 11.6 Å². The molecule has 0 fully saturated rings. The second-order valence-corrected chi connectivity index (χ2v) is 4.25. The number of amidine groups is 1. The van der Waals surface area contributed by atoms with Gasteiger partial charge >= 0.3 is 0 Å². The van der Waals surface area contributed by atoms with E-state index >= 15 is 0 Å². The van der Waals surface area contributed by atoms with Crippen molar-refractivity contribution in [1.29, 1.82) is 0 Å². The van der Waals surface area contributed by atoms with Crippen LogP contribution in [-0.2, 0) is 0 Å². The molecule has 0 saturated carbocycles. The molecule has 3 N–H and O–H groups in total. The topological polar surface area (TPSA) is 93.6 Å². The number of oxime groups is 1. The van der Waals surface area contributed by atoms with E-state index in [-0.39, 0.29) is 23.0 Å². The summed E-state index contributed by atoms with van der Waals surface area (Å²) < 4.78 is 31.4. The van der Waals surface area contributed by atoms with E-state index in [1.54, 1.807) is 13.8 Å². The van der Waals surface area contributed by atoms with Gasteiger partial charge in [0.15, 0.2) is 17.5 Å². The molecule has 0 aliphatic carbocycles. The van der Waals surface area contributed by atoms with Crippen molar-refractivity contribution in [2.24, 2.45) is 10.9 Å². The molecular formula is C13H12F2N4O2. The maximum absolute atomic E-state index is 13.2. The zero-order chi connectivity index (χ0) is 15.6. The largest absolute Gasteiger partial charge is 0.437 e. The van der Waals surface area contributed by atoms with Crippen LogP contribution in [0, 0.1) is 25.5 Å². The Morgan fingerprint density at radius 3 is 2.57 bits per heavy atom. The Morgan fingerprint density at radius 1 is 1.24 bits per heavy atom. The molecule has 1 heterocycles. The molecular weight excluding hydrogens is 282 g/mol. The first-order valence-corrected chi connectivity index (χ1v) is 5.88. The second-order valence-electron chi connectivity index (χ2n) is 4.25. The fourth-order valence-corrected chi connectivity index (χ4v) is 1.66. The van der Waals surface area contributed by atoms with Crippen molar-refractivity contribution in [3.63, 3.8) is 0 Å². The Bertz CT molecular complexity index is 720. The molecule has 8 heteroatoms. The number of benzene rings is 1. The van der Waals surface area contributed by atoms with Crippen molar-refractivity contribution in [2.75, 3.05) is 0 Å². The first-order valence-electron chi connectivity index (χ1n) is 5.88. The summed E-state index contributed by atoms with van der Waals surface area (Å²) in [6.07, 6.45) is 0. The molecule has 0 aliphatic heterocycles. The van der Waals surface area contributed by atoms with Crippen molar-refractivity contribution in [3.8, 4) is 11.6 Å². The van der Waals surface area contributed by atoms with Crippen LogP contribution in [0.3, 0.4) is 0 Å². The number of nitrogens with zero attached hydrogens (tertiary/aromatic N) is 3. The van der Waals surface area contributed by atoms with E-state index in [9.17, 15) is 8.78 Å². The van der Waals surface area contributed by atoms with Crippen LogP contribution >= 0.6 is 0 Å². The Balaban J connectivity index is 2.49. The van der Waals surface area contributed by atoms with Gasteiger partial charge < -0.3 is 15.7 Å². The standard InChI is InChI=1S/C13H12F2N4O2/c1-6-7(2)17-18-13(11(6)12(16)19-20)21-8-3-4-9(14)10(15)5-8/h3-5,20H,1-2H3,(H2,16,19). The smallest absolute Gasteiger partial charge is 0.250 e. The third kappa shape index (κ3) is 2.88. The zero-order valence-corrected chi connectivity index (χ0v) is 11.3. The first-order chi connectivity index (χ1) is 9.93. The molecule has 6 nitrogen and oxygen atoms in total. The van der Waals surface area contributed by atoms with Gasteiger partial charge in [-0.25, -0.2) is 8.78 Å². The number of ether oxygens (including phenoxy) is 1. The molecule has 0 saturated heterocycles. The van der Waals surface area contributed by atoms with Crippen LogP contribution < -0.4 is 10.5 Å². The first kappa shape index (κ1) is 14.6. The Kier molecular flexibility index (Phi) is 3.97. The molecule has 0 atom stereocenters. The zero-order valence-electron chi connectivity index (χ0n) is 11.3. The van der Waals surface area contributed by atoms with E-state index in [0.717, 1.165) is 12.1 Å². The lowest BCUT2D eigenvalue weighted by Gasteiger charge is -2.12. The summed E-state index contributed by atoms with van der Waals surface area (Å²) in [5.74, 6) is -2.33. The van der Waals surface area contributed by atoms with Gasteiger partial charge in [-0.15, -0.1) is 5.10 Å². The molecule has 2 aromatic rings. The summed E-state index contributed by atoms with van der Waals surface area (Å²) in [6, 6.07) is 3.01. The predicted molar refractivity (Wildman–Crippen MR) is 70.4 cm³/mol. The summed E-state index contributed by atoms with van der Waals surface area (Å²) in [4.78, 5) is 0. The van der Waals surface area contributed by atoms with Gasteiger partial charge in [0.2, 0.25) is 5.88 Å². The number of nitrogens with two attached hydrogens (primary N) is 1. The molecule has 1 aromatic carbocycles. The fourth-order valence-electron chi connectivity index (χ4n) is 1.66. The molecule has 1 aromatic heterocycles. The lowest BCUT2D eigenvalue weighted by Crippen LogP contribution is -2.18. The molecule has 0 bridgehead atoms. The van der Waals surface area contributed by atoms with Crippen molar-refractivity contribution < 1.29 is 18.7 Å². The molecule has 0 unspecified atom stereocenters. The average Bonchev–Trinajstić information content (AvgIpc) is 2.46. The van der Waals surface area contributed by atoms with E-state index in [1.165, 1.54) is 6.07 Å². The van der Waals surface area contributed by atoms with Gasteiger partial charge in [-0.05, 0) is 31.5 Å². The highest BCUT2D eigenvalue weighted by atomic mass is 19.2. The van der Waals surface area contributed by atoms with Crippen LogP contribution in [0.4, 0.5) is 8.78 Å². The second kappa shape index (κ2) is 5.70.